The van der Waals surface area contributed by atoms with Crippen LogP contribution in [0.2, 0.25) is 0 Å². The molecular weight excluding hydrogens is 204 g/mol. The quantitative estimate of drug-likeness (QED) is 0.660. The fourth-order valence-corrected chi connectivity index (χ4v) is 2.54. The van der Waals surface area contributed by atoms with E-state index in [9.17, 15) is 0 Å². The van der Waals surface area contributed by atoms with E-state index in [0.29, 0.717) is 0 Å². The Bertz CT molecular complexity index is 583. The van der Waals surface area contributed by atoms with E-state index in [1.807, 2.05) is 0 Å². The van der Waals surface area contributed by atoms with Crippen molar-refractivity contribution in [2.75, 3.05) is 0 Å². The second-order valence-electron chi connectivity index (χ2n) is 4.71. The van der Waals surface area contributed by atoms with E-state index in [1.54, 1.807) is 0 Å². The second kappa shape index (κ2) is 3.89. The SMILES string of the molecule is Cc1cc(C)cc(-c2cccc3c2C=C[CH]3)c1. The fraction of sp³-hybridized carbons (Fsp3) is 0.118. The summed E-state index contributed by atoms with van der Waals surface area (Å²) >= 11 is 0. The Kier molecular flexibility index (Phi) is 2.36. The van der Waals surface area contributed by atoms with Gasteiger partial charge >= 0.3 is 0 Å². The molecule has 2 aromatic carbocycles. The van der Waals surface area contributed by atoms with Crippen molar-refractivity contribution >= 4 is 6.08 Å². The van der Waals surface area contributed by atoms with Crippen molar-refractivity contribution in [2.45, 2.75) is 13.8 Å². The number of fused-ring (bicyclic) bond motifs is 1. The smallest absolute Gasteiger partial charge is 0.0131 e. The molecule has 0 spiro atoms. The van der Waals surface area contributed by atoms with Crippen molar-refractivity contribution in [3.63, 3.8) is 0 Å². The maximum atomic E-state index is 2.26. The van der Waals surface area contributed by atoms with Crippen molar-refractivity contribution in [1.82, 2.24) is 0 Å². The topological polar surface area (TPSA) is 0 Å². The minimum absolute atomic E-state index is 1.32. The van der Waals surface area contributed by atoms with E-state index in [1.165, 1.54) is 33.4 Å². The van der Waals surface area contributed by atoms with Crippen LogP contribution in [0.5, 0.6) is 0 Å². The van der Waals surface area contributed by atoms with Crippen LogP contribution in [-0.4, -0.2) is 0 Å². The van der Waals surface area contributed by atoms with Gasteiger partial charge in [0.2, 0.25) is 0 Å². The first-order chi connectivity index (χ1) is 8.24. The predicted octanol–water partition coefficient (Wildman–Crippen LogP) is 4.55. The Morgan fingerprint density at radius 3 is 2.41 bits per heavy atom. The lowest BCUT2D eigenvalue weighted by molar-refractivity contribution is 1.38. The molecule has 0 bridgehead atoms. The monoisotopic (exact) mass is 219 g/mol. The van der Waals surface area contributed by atoms with Gasteiger partial charge < -0.3 is 0 Å². The Morgan fingerprint density at radius 1 is 0.882 bits per heavy atom. The molecule has 17 heavy (non-hydrogen) atoms. The molecule has 0 amide bonds. The van der Waals surface area contributed by atoms with Crippen molar-refractivity contribution < 1.29 is 0 Å². The molecule has 0 heteroatoms. The fourth-order valence-electron chi connectivity index (χ4n) is 2.54. The molecule has 0 aliphatic heterocycles. The van der Waals surface area contributed by atoms with Crippen LogP contribution in [0.25, 0.3) is 17.2 Å². The first kappa shape index (κ1) is 10.3. The summed E-state index contributed by atoms with van der Waals surface area (Å²) in [5.41, 5.74) is 7.96. The number of benzene rings is 2. The van der Waals surface area contributed by atoms with E-state index >= 15 is 0 Å². The zero-order chi connectivity index (χ0) is 11.8. The molecule has 1 aliphatic carbocycles. The van der Waals surface area contributed by atoms with Gasteiger partial charge in [-0.15, -0.1) is 0 Å². The van der Waals surface area contributed by atoms with E-state index in [0.717, 1.165) is 0 Å². The highest BCUT2D eigenvalue weighted by molar-refractivity contribution is 5.81. The first-order valence-corrected chi connectivity index (χ1v) is 5.97. The zero-order valence-electron chi connectivity index (χ0n) is 10.2. The van der Waals surface area contributed by atoms with Gasteiger partial charge in [0.05, 0.1) is 0 Å². The lowest BCUT2D eigenvalue weighted by Gasteiger charge is -2.10. The van der Waals surface area contributed by atoms with E-state index in [-0.39, 0.29) is 0 Å². The molecular formula is C17H15. The first-order valence-electron chi connectivity index (χ1n) is 5.97. The highest BCUT2D eigenvalue weighted by atomic mass is 14.1. The second-order valence-corrected chi connectivity index (χ2v) is 4.71. The van der Waals surface area contributed by atoms with E-state index < -0.39 is 0 Å². The van der Waals surface area contributed by atoms with Crippen LogP contribution in [0, 0.1) is 20.3 Å². The Labute approximate surface area is 103 Å². The summed E-state index contributed by atoms with van der Waals surface area (Å²) in [5, 5.41) is 0. The van der Waals surface area contributed by atoms with Crippen LogP contribution in [0.3, 0.4) is 0 Å². The molecule has 0 unspecified atom stereocenters. The standard InChI is InChI=1S/C17H15/c1-12-9-13(2)11-15(10-12)17-8-4-6-14-5-3-7-16(14)17/h3-11H,1-2H3. The minimum Gasteiger partial charge on any atom is -0.0754 e. The van der Waals surface area contributed by atoms with Gasteiger partial charge in [0, 0.05) is 6.42 Å². The van der Waals surface area contributed by atoms with Crippen LogP contribution < -0.4 is 0 Å². The highest BCUT2D eigenvalue weighted by Gasteiger charge is 2.11. The molecule has 0 nitrogen and oxygen atoms in total. The van der Waals surface area contributed by atoms with Gasteiger partial charge in [-0.2, -0.15) is 0 Å². The molecule has 2 aromatic rings. The molecule has 0 aromatic heterocycles. The van der Waals surface area contributed by atoms with Gasteiger partial charge in [0.25, 0.3) is 0 Å². The van der Waals surface area contributed by atoms with Crippen molar-refractivity contribution in [2.24, 2.45) is 0 Å². The van der Waals surface area contributed by atoms with Gasteiger partial charge in [-0.05, 0) is 36.1 Å². The molecule has 3 rings (SSSR count). The zero-order valence-corrected chi connectivity index (χ0v) is 10.2. The molecule has 0 saturated heterocycles. The van der Waals surface area contributed by atoms with Crippen molar-refractivity contribution in [3.05, 3.63) is 71.1 Å². The van der Waals surface area contributed by atoms with E-state index in [4.69, 9.17) is 0 Å². The van der Waals surface area contributed by atoms with Crippen LogP contribution in [0.1, 0.15) is 22.3 Å². The number of aryl methyl sites for hydroxylation is 2. The third-order valence-corrected chi connectivity index (χ3v) is 3.21. The highest BCUT2D eigenvalue weighted by Crippen LogP contribution is 2.32. The Hall–Kier alpha value is -1.82. The number of rotatable bonds is 1. The Balaban J connectivity index is 2.22. The molecule has 0 atom stereocenters. The molecule has 83 valence electrons. The molecule has 0 N–H and O–H groups in total. The molecule has 1 aliphatic rings. The van der Waals surface area contributed by atoms with Gasteiger partial charge in [-0.25, -0.2) is 0 Å². The largest absolute Gasteiger partial charge is 0.0754 e. The van der Waals surface area contributed by atoms with Crippen LogP contribution in [-0.2, 0) is 0 Å². The number of allylic oxidation sites excluding steroid dienone is 1. The molecule has 0 heterocycles. The lowest BCUT2D eigenvalue weighted by Crippen LogP contribution is -1.88. The normalized spacial score (nSPS) is 12.8. The maximum Gasteiger partial charge on any atom is 0.0131 e. The van der Waals surface area contributed by atoms with E-state index in [2.05, 4.69) is 68.8 Å². The van der Waals surface area contributed by atoms with Crippen molar-refractivity contribution in [3.8, 4) is 11.1 Å². The van der Waals surface area contributed by atoms with Crippen LogP contribution in [0.4, 0.5) is 0 Å². The summed E-state index contributed by atoms with van der Waals surface area (Å²) in [6.07, 6.45) is 6.49. The predicted molar refractivity (Wildman–Crippen MR) is 73.8 cm³/mol. The molecule has 0 saturated carbocycles. The average molecular weight is 219 g/mol. The van der Waals surface area contributed by atoms with Gasteiger partial charge in [-0.1, -0.05) is 59.7 Å². The Morgan fingerprint density at radius 2 is 1.65 bits per heavy atom. The summed E-state index contributed by atoms with van der Waals surface area (Å²) in [5.74, 6) is 0. The summed E-state index contributed by atoms with van der Waals surface area (Å²) in [7, 11) is 0. The van der Waals surface area contributed by atoms with Gasteiger partial charge in [-0.3, -0.25) is 0 Å². The van der Waals surface area contributed by atoms with Crippen molar-refractivity contribution in [1.29, 1.82) is 0 Å². The number of hydrogen-bond donors (Lipinski definition) is 0. The molecule has 1 radical (unpaired) electrons. The average Bonchev–Trinajstić information content (AvgIpc) is 2.75. The minimum atomic E-state index is 1.32. The summed E-state index contributed by atoms with van der Waals surface area (Å²) in [6.45, 7) is 4.31. The lowest BCUT2D eigenvalue weighted by atomic mass is 9.95. The molecule has 0 fully saturated rings. The van der Waals surface area contributed by atoms with Crippen LogP contribution in [0.15, 0.2) is 42.5 Å². The summed E-state index contributed by atoms with van der Waals surface area (Å²) in [4.78, 5) is 0. The van der Waals surface area contributed by atoms with Gasteiger partial charge in [0.1, 0.15) is 0 Å². The summed E-state index contributed by atoms with van der Waals surface area (Å²) < 4.78 is 0. The summed E-state index contributed by atoms with van der Waals surface area (Å²) in [6, 6.07) is 13.2. The third-order valence-electron chi connectivity index (χ3n) is 3.21. The van der Waals surface area contributed by atoms with Crippen LogP contribution >= 0.6 is 0 Å². The third kappa shape index (κ3) is 1.80. The van der Waals surface area contributed by atoms with Gasteiger partial charge in [0.15, 0.2) is 0 Å². The number of hydrogen-bond acceptors (Lipinski definition) is 0. The maximum absolute atomic E-state index is 2.26.